The molecule has 1 heterocycles. The SMILES string of the molecule is CS(=O)(=O)Oc1ccc(CN(Cc2ccco2)C(=O)c2ccc(-c3ccccc3)cc2)cc1. The van der Waals surface area contributed by atoms with Gasteiger partial charge in [-0.2, -0.15) is 8.42 Å². The summed E-state index contributed by atoms with van der Waals surface area (Å²) >= 11 is 0. The Labute approximate surface area is 193 Å². The van der Waals surface area contributed by atoms with E-state index in [1.807, 2.05) is 60.7 Å². The summed E-state index contributed by atoms with van der Waals surface area (Å²) in [6.45, 7) is 0.618. The summed E-state index contributed by atoms with van der Waals surface area (Å²) in [4.78, 5) is 15.0. The molecule has 0 bridgehead atoms. The number of carbonyl (C=O) groups excluding carboxylic acids is 1. The quantitative estimate of drug-likeness (QED) is 0.340. The molecule has 168 valence electrons. The average molecular weight is 462 g/mol. The van der Waals surface area contributed by atoms with Gasteiger partial charge in [0.15, 0.2) is 0 Å². The van der Waals surface area contributed by atoms with Crippen molar-refractivity contribution in [2.75, 3.05) is 6.26 Å². The number of nitrogens with zero attached hydrogens (tertiary/aromatic N) is 1. The molecule has 0 aliphatic carbocycles. The smallest absolute Gasteiger partial charge is 0.306 e. The van der Waals surface area contributed by atoms with Gasteiger partial charge in [-0.1, -0.05) is 54.6 Å². The van der Waals surface area contributed by atoms with Crippen molar-refractivity contribution in [3.8, 4) is 16.9 Å². The van der Waals surface area contributed by atoms with Gasteiger partial charge in [0.2, 0.25) is 0 Å². The largest absolute Gasteiger partial charge is 0.467 e. The van der Waals surface area contributed by atoms with E-state index in [-0.39, 0.29) is 11.7 Å². The summed E-state index contributed by atoms with van der Waals surface area (Å²) < 4.78 is 33.0. The van der Waals surface area contributed by atoms with E-state index < -0.39 is 10.1 Å². The van der Waals surface area contributed by atoms with Crippen LogP contribution in [0.15, 0.2) is 102 Å². The lowest BCUT2D eigenvalue weighted by Gasteiger charge is -2.22. The van der Waals surface area contributed by atoms with Gasteiger partial charge in [-0.25, -0.2) is 0 Å². The molecule has 6 nitrogen and oxygen atoms in total. The van der Waals surface area contributed by atoms with Crippen molar-refractivity contribution in [1.29, 1.82) is 0 Å². The predicted octanol–water partition coefficient (Wildman–Crippen LogP) is 5.13. The Balaban J connectivity index is 1.54. The van der Waals surface area contributed by atoms with E-state index in [1.54, 1.807) is 41.5 Å². The number of furan rings is 1. The van der Waals surface area contributed by atoms with Crippen LogP contribution >= 0.6 is 0 Å². The van der Waals surface area contributed by atoms with Crippen molar-refractivity contribution in [2.45, 2.75) is 13.1 Å². The highest BCUT2D eigenvalue weighted by molar-refractivity contribution is 7.86. The van der Waals surface area contributed by atoms with E-state index in [0.717, 1.165) is 22.9 Å². The van der Waals surface area contributed by atoms with Crippen LogP contribution in [0.3, 0.4) is 0 Å². The Kier molecular flexibility index (Phi) is 6.60. The van der Waals surface area contributed by atoms with Crippen LogP contribution in [0.25, 0.3) is 11.1 Å². The fraction of sp³-hybridized carbons (Fsp3) is 0.115. The molecule has 0 saturated heterocycles. The Morgan fingerprint density at radius 1 is 0.818 bits per heavy atom. The molecule has 0 atom stereocenters. The lowest BCUT2D eigenvalue weighted by atomic mass is 10.0. The van der Waals surface area contributed by atoms with Crippen LogP contribution in [-0.2, 0) is 23.2 Å². The first-order chi connectivity index (χ1) is 15.9. The van der Waals surface area contributed by atoms with E-state index in [0.29, 0.717) is 24.4 Å². The van der Waals surface area contributed by atoms with Crippen molar-refractivity contribution >= 4 is 16.0 Å². The highest BCUT2D eigenvalue weighted by atomic mass is 32.2. The van der Waals surface area contributed by atoms with Crippen LogP contribution in [0.2, 0.25) is 0 Å². The zero-order valence-corrected chi connectivity index (χ0v) is 18.9. The molecule has 0 aliphatic rings. The van der Waals surface area contributed by atoms with Gasteiger partial charge >= 0.3 is 10.1 Å². The summed E-state index contributed by atoms with van der Waals surface area (Å²) in [7, 11) is -3.60. The van der Waals surface area contributed by atoms with Crippen LogP contribution in [0, 0.1) is 0 Å². The molecule has 4 rings (SSSR count). The topological polar surface area (TPSA) is 76.8 Å². The molecule has 0 saturated carbocycles. The van der Waals surface area contributed by atoms with Gasteiger partial charge in [0.25, 0.3) is 5.91 Å². The normalized spacial score (nSPS) is 11.2. The van der Waals surface area contributed by atoms with E-state index in [4.69, 9.17) is 8.60 Å². The summed E-state index contributed by atoms with van der Waals surface area (Å²) in [6.07, 6.45) is 2.57. The highest BCUT2D eigenvalue weighted by Crippen LogP contribution is 2.22. The second-order valence-electron chi connectivity index (χ2n) is 7.62. The van der Waals surface area contributed by atoms with E-state index in [2.05, 4.69) is 0 Å². The van der Waals surface area contributed by atoms with Crippen molar-refractivity contribution in [2.24, 2.45) is 0 Å². The zero-order chi connectivity index (χ0) is 23.3. The molecule has 33 heavy (non-hydrogen) atoms. The van der Waals surface area contributed by atoms with E-state index >= 15 is 0 Å². The van der Waals surface area contributed by atoms with Crippen LogP contribution in [0.1, 0.15) is 21.7 Å². The third-order valence-corrected chi connectivity index (χ3v) is 5.49. The Morgan fingerprint density at radius 3 is 2.09 bits per heavy atom. The lowest BCUT2D eigenvalue weighted by molar-refractivity contribution is 0.0717. The molecule has 4 aromatic rings. The maximum absolute atomic E-state index is 13.4. The second-order valence-corrected chi connectivity index (χ2v) is 9.19. The van der Waals surface area contributed by atoms with Crippen LogP contribution in [0.4, 0.5) is 0 Å². The lowest BCUT2D eigenvalue weighted by Crippen LogP contribution is -2.30. The first-order valence-corrected chi connectivity index (χ1v) is 12.1. The first-order valence-electron chi connectivity index (χ1n) is 10.3. The molecule has 0 aliphatic heterocycles. The van der Waals surface area contributed by atoms with Crippen molar-refractivity contribution in [3.05, 3.63) is 114 Å². The molecule has 1 aromatic heterocycles. The Bertz CT molecular complexity index is 1300. The standard InChI is InChI=1S/C26H23NO5S/c1-33(29,30)32-24-15-9-20(10-16-24)18-27(19-25-8-5-17-31-25)26(28)23-13-11-22(12-14-23)21-6-3-2-4-7-21/h2-17H,18-19H2,1H3. The highest BCUT2D eigenvalue weighted by Gasteiger charge is 2.18. The molecule has 0 radical (unpaired) electrons. The van der Waals surface area contributed by atoms with Crippen molar-refractivity contribution in [3.63, 3.8) is 0 Å². The Morgan fingerprint density at radius 2 is 1.48 bits per heavy atom. The van der Waals surface area contributed by atoms with Gasteiger partial charge in [-0.05, 0) is 53.1 Å². The third-order valence-electron chi connectivity index (χ3n) is 5.00. The summed E-state index contributed by atoms with van der Waals surface area (Å²) in [6, 6.07) is 27.7. The van der Waals surface area contributed by atoms with Crippen molar-refractivity contribution in [1.82, 2.24) is 4.90 Å². The van der Waals surface area contributed by atoms with E-state index in [9.17, 15) is 13.2 Å². The van der Waals surface area contributed by atoms with Gasteiger partial charge in [0, 0.05) is 12.1 Å². The molecule has 0 fully saturated rings. The van der Waals surface area contributed by atoms with Gasteiger partial charge in [0.05, 0.1) is 19.1 Å². The minimum atomic E-state index is -3.60. The van der Waals surface area contributed by atoms with Gasteiger partial charge in [-0.15, -0.1) is 0 Å². The monoisotopic (exact) mass is 461 g/mol. The number of hydrogen-bond acceptors (Lipinski definition) is 5. The number of carbonyl (C=O) groups is 1. The number of hydrogen-bond donors (Lipinski definition) is 0. The maximum atomic E-state index is 13.4. The van der Waals surface area contributed by atoms with Crippen LogP contribution in [0.5, 0.6) is 5.75 Å². The molecule has 0 spiro atoms. The number of amides is 1. The summed E-state index contributed by atoms with van der Waals surface area (Å²) in [5.41, 5.74) is 3.52. The second kappa shape index (κ2) is 9.75. The third kappa shape index (κ3) is 6.11. The molecular weight excluding hydrogens is 438 g/mol. The molecule has 0 unspecified atom stereocenters. The molecular formula is C26H23NO5S. The van der Waals surface area contributed by atoms with Crippen LogP contribution in [-0.4, -0.2) is 25.5 Å². The first kappa shape index (κ1) is 22.4. The molecule has 1 amide bonds. The average Bonchev–Trinajstić information content (AvgIpc) is 3.32. The van der Waals surface area contributed by atoms with Gasteiger partial charge in [-0.3, -0.25) is 4.79 Å². The van der Waals surface area contributed by atoms with Crippen LogP contribution < -0.4 is 4.18 Å². The number of benzene rings is 3. The maximum Gasteiger partial charge on any atom is 0.306 e. The summed E-state index contributed by atoms with van der Waals surface area (Å²) in [5.74, 6) is 0.755. The fourth-order valence-electron chi connectivity index (χ4n) is 3.45. The van der Waals surface area contributed by atoms with Crippen molar-refractivity contribution < 1.29 is 21.8 Å². The molecule has 3 aromatic carbocycles. The number of rotatable bonds is 8. The van der Waals surface area contributed by atoms with Gasteiger partial charge in [0.1, 0.15) is 11.5 Å². The predicted molar refractivity (Wildman–Crippen MR) is 126 cm³/mol. The summed E-state index contributed by atoms with van der Waals surface area (Å²) in [5, 5.41) is 0. The fourth-order valence-corrected chi connectivity index (χ4v) is 3.91. The Hall–Kier alpha value is -3.84. The molecule has 7 heteroatoms. The zero-order valence-electron chi connectivity index (χ0n) is 18.0. The molecule has 0 N–H and O–H groups in total. The minimum Gasteiger partial charge on any atom is -0.467 e. The van der Waals surface area contributed by atoms with Gasteiger partial charge < -0.3 is 13.5 Å². The van der Waals surface area contributed by atoms with E-state index in [1.165, 1.54) is 0 Å². The minimum absolute atomic E-state index is 0.137.